The molecule has 0 aromatic heterocycles. The predicted molar refractivity (Wildman–Crippen MR) is 105 cm³/mol. The smallest absolute Gasteiger partial charge is 0.144 e. The van der Waals surface area contributed by atoms with Crippen molar-refractivity contribution in [2.75, 3.05) is 0 Å². The average Bonchev–Trinajstić information content (AvgIpc) is 2.48. The molecule has 112 valence electrons. The fraction of sp³-hybridized carbons (Fsp3) is 0.250. The van der Waals surface area contributed by atoms with Gasteiger partial charge in [-0.1, -0.05) is 92.0 Å². The van der Waals surface area contributed by atoms with E-state index < -0.39 is 20.9 Å². The molecule has 0 aliphatic carbocycles. The second kappa shape index (κ2) is 6.05. The third-order valence-electron chi connectivity index (χ3n) is 4.98. The Kier molecular flexibility index (Phi) is 4.91. The van der Waals surface area contributed by atoms with Crippen LogP contribution in [0, 0.1) is 0 Å². The molecule has 0 aliphatic heterocycles. The van der Waals surface area contributed by atoms with Gasteiger partial charge in [0.25, 0.3) is 6.21 Å². The molecule has 2 aromatic rings. The first-order valence-electron chi connectivity index (χ1n) is 7.20. The molecule has 21 heavy (non-hydrogen) atoms. The van der Waals surface area contributed by atoms with Gasteiger partial charge in [-0.2, -0.15) is 0 Å². The van der Waals surface area contributed by atoms with E-state index in [1.54, 1.807) is 0 Å². The van der Waals surface area contributed by atoms with Gasteiger partial charge in [0, 0.05) is 0 Å². The van der Waals surface area contributed by atoms with E-state index in [1.807, 2.05) is 18.2 Å². The maximum atomic E-state index is 7.09. The summed E-state index contributed by atoms with van der Waals surface area (Å²) in [5.74, 6) is 0. The summed E-state index contributed by atoms with van der Waals surface area (Å²) in [6, 6.07) is 21.2. The highest BCUT2D eigenvalue weighted by Crippen LogP contribution is 2.34. The Morgan fingerprint density at radius 3 is 1.43 bits per heavy atom. The molecule has 0 saturated heterocycles. The van der Waals surface area contributed by atoms with Gasteiger partial charge < -0.3 is 0 Å². The predicted octanol–water partition coefficient (Wildman–Crippen LogP) is 4.29. The lowest BCUT2D eigenvalue weighted by atomic mass is 10.4. The van der Waals surface area contributed by atoms with Crippen LogP contribution in [0.4, 0.5) is 0 Å². The fourth-order valence-corrected chi connectivity index (χ4v) is 37.3. The van der Waals surface area contributed by atoms with Crippen molar-refractivity contribution in [2.24, 2.45) is 0 Å². The lowest BCUT2D eigenvalue weighted by Crippen LogP contribution is -2.76. The molecule has 0 bridgehead atoms. The second-order valence-electron chi connectivity index (χ2n) is 6.56. The Labute approximate surface area is 140 Å². The van der Waals surface area contributed by atoms with Crippen molar-refractivity contribution in [3.05, 3.63) is 60.7 Å². The van der Waals surface area contributed by atoms with Crippen molar-refractivity contribution in [1.29, 1.82) is 0 Å². The van der Waals surface area contributed by atoms with Crippen molar-refractivity contribution >= 4 is 53.4 Å². The summed E-state index contributed by atoms with van der Waals surface area (Å²) >= 11 is 14.2. The maximum absolute atomic E-state index is 7.09. The van der Waals surface area contributed by atoms with E-state index >= 15 is 0 Å². The zero-order chi connectivity index (χ0) is 15.7. The summed E-state index contributed by atoms with van der Waals surface area (Å²) in [5, 5.41) is 2.64. The van der Waals surface area contributed by atoms with Crippen LogP contribution in [0.2, 0.25) is 26.2 Å². The molecule has 0 heterocycles. The van der Waals surface area contributed by atoms with Gasteiger partial charge in [-0.15, -0.1) is 22.2 Å². The van der Waals surface area contributed by atoms with E-state index in [1.165, 1.54) is 10.4 Å². The van der Waals surface area contributed by atoms with Crippen LogP contribution >= 0.6 is 22.2 Å². The van der Waals surface area contributed by atoms with Gasteiger partial charge in [-0.3, -0.25) is 0 Å². The zero-order valence-electron chi connectivity index (χ0n) is 13.0. The minimum atomic E-state index is -2.48. The van der Waals surface area contributed by atoms with Crippen LogP contribution in [0.5, 0.6) is 0 Å². The van der Waals surface area contributed by atoms with Gasteiger partial charge in [0.1, 0.15) is 0 Å². The molecular weight excluding hydrogens is 347 g/mol. The Morgan fingerprint density at radius 2 is 1.00 bits per heavy atom. The quantitative estimate of drug-likeness (QED) is 0.557. The van der Waals surface area contributed by atoms with E-state index in [9.17, 15) is 0 Å². The summed E-state index contributed by atoms with van der Waals surface area (Å²) < 4.78 is 0. The van der Waals surface area contributed by atoms with Crippen LogP contribution in [0.1, 0.15) is 0 Å². The lowest BCUT2D eigenvalue weighted by molar-refractivity contribution is 1.71. The Bertz CT molecular complexity index is 542. The summed E-state index contributed by atoms with van der Waals surface area (Å²) in [5.41, 5.74) is 0. The van der Waals surface area contributed by atoms with Gasteiger partial charge in [0.05, 0.1) is 14.7 Å². The van der Waals surface area contributed by atoms with Gasteiger partial charge in [-0.25, -0.2) is 0 Å². The number of hydrogen-bond acceptors (Lipinski definition) is 0. The molecule has 0 fully saturated rings. The second-order valence-corrected chi connectivity index (χ2v) is 36.2. The zero-order valence-corrected chi connectivity index (χ0v) is 17.5. The van der Waals surface area contributed by atoms with Crippen molar-refractivity contribution < 1.29 is 0 Å². The first-order chi connectivity index (χ1) is 9.71. The van der Waals surface area contributed by atoms with E-state index in [4.69, 9.17) is 22.2 Å². The molecule has 0 amide bonds. The van der Waals surface area contributed by atoms with Crippen LogP contribution in [0.15, 0.2) is 60.7 Å². The summed E-state index contributed by atoms with van der Waals surface area (Å²) in [7, 11) is -3.52. The van der Waals surface area contributed by atoms with Crippen LogP contribution in [-0.2, 0) is 0 Å². The highest BCUT2D eigenvalue weighted by atomic mass is 35.7. The SMILES string of the molecule is C[Si](C)(c1ccccc1)[Si](C)(C)[Si](Cl)(Cl)c1ccccc1. The van der Waals surface area contributed by atoms with Crippen LogP contribution in [0.25, 0.3) is 0 Å². The Morgan fingerprint density at radius 1 is 0.619 bits per heavy atom. The van der Waals surface area contributed by atoms with E-state index in [2.05, 4.69) is 68.7 Å². The van der Waals surface area contributed by atoms with Crippen molar-refractivity contribution in [3.63, 3.8) is 0 Å². The fourth-order valence-electron chi connectivity index (χ4n) is 2.62. The lowest BCUT2D eigenvalue weighted by Gasteiger charge is -2.45. The molecule has 0 radical (unpaired) electrons. The highest BCUT2D eigenvalue weighted by Gasteiger charge is 2.58. The third kappa shape index (κ3) is 2.94. The molecular formula is C16H22Cl2Si3. The molecule has 2 rings (SSSR count). The minimum Gasteiger partial charge on any atom is -0.144 e. The molecule has 0 atom stereocenters. The Hall–Kier alpha value is -0.329. The van der Waals surface area contributed by atoms with Crippen molar-refractivity contribution in [1.82, 2.24) is 0 Å². The first kappa shape index (κ1) is 17.0. The molecule has 0 spiro atoms. The topological polar surface area (TPSA) is 0 Å². The molecule has 0 saturated carbocycles. The van der Waals surface area contributed by atoms with Gasteiger partial charge in [0.2, 0.25) is 0 Å². The van der Waals surface area contributed by atoms with E-state index in [0.717, 1.165) is 0 Å². The average molecular weight is 370 g/mol. The standard InChI is InChI=1S/C16H22Cl2Si3/c1-19(2,15-11-7-5-8-12-15)20(3,4)21(17,18)16-13-9-6-10-14-16/h5-14H,1-4H3. The number of halogens is 2. The minimum absolute atomic E-state index is 1.17. The highest BCUT2D eigenvalue weighted by molar-refractivity contribution is 7.92. The molecule has 0 N–H and O–H groups in total. The van der Waals surface area contributed by atoms with Gasteiger partial charge >= 0.3 is 0 Å². The number of hydrogen-bond donors (Lipinski definition) is 0. The summed E-state index contributed by atoms with van der Waals surface area (Å²) in [6.07, 6.45) is -2.48. The van der Waals surface area contributed by atoms with Crippen molar-refractivity contribution in [2.45, 2.75) is 26.2 Å². The summed E-state index contributed by atoms with van der Waals surface area (Å²) in [6.45, 7) is 9.66. The molecule has 5 heteroatoms. The maximum Gasteiger partial charge on any atom is 0.264 e. The van der Waals surface area contributed by atoms with Gasteiger partial charge in [-0.05, 0) is 5.19 Å². The molecule has 0 nitrogen and oxygen atoms in total. The molecule has 2 aromatic carbocycles. The van der Waals surface area contributed by atoms with Crippen LogP contribution < -0.4 is 10.4 Å². The van der Waals surface area contributed by atoms with Crippen molar-refractivity contribution in [3.8, 4) is 0 Å². The van der Waals surface area contributed by atoms with E-state index in [-0.39, 0.29) is 0 Å². The normalized spacial score (nSPS) is 13.2. The third-order valence-corrected chi connectivity index (χ3v) is 50.0. The van der Waals surface area contributed by atoms with E-state index in [0.29, 0.717) is 0 Å². The van der Waals surface area contributed by atoms with Crippen LogP contribution in [-0.4, -0.2) is 20.9 Å². The number of rotatable bonds is 4. The monoisotopic (exact) mass is 368 g/mol. The largest absolute Gasteiger partial charge is 0.264 e. The van der Waals surface area contributed by atoms with Crippen LogP contribution in [0.3, 0.4) is 0 Å². The molecule has 0 unspecified atom stereocenters. The Balaban J connectivity index is 2.50. The molecule has 0 aliphatic rings. The van der Waals surface area contributed by atoms with Gasteiger partial charge in [0.15, 0.2) is 0 Å². The summed E-state index contributed by atoms with van der Waals surface area (Å²) in [4.78, 5) is 0. The first-order valence-corrected chi connectivity index (χ1v) is 19.2. The number of benzene rings is 2.